The van der Waals surface area contributed by atoms with Gasteiger partial charge in [0.1, 0.15) is 5.60 Å². The molecule has 1 unspecified atom stereocenters. The maximum atomic E-state index is 12.7. The SMILES string of the molecule is CCCC1CN(C(=O)OC(C)(C)C)CCN1C(=O)Nc1ccc(C#N)cc1. The van der Waals surface area contributed by atoms with Gasteiger partial charge in [0.15, 0.2) is 0 Å². The number of nitrogens with zero attached hydrogens (tertiary/aromatic N) is 3. The molecule has 1 aromatic carbocycles. The number of anilines is 1. The molecule has 0 bridgehead atoms. The molecule has 1 aromatic rings. The average Bonchev–Trinajstić information content (AvgIpc) is 2.61. The van der Waals surface area contributed by atoms with Gasteiger partial charge in [-0.05, 0) is 51.5 Å². The van der Waals surface area contributed by atoms with Crippen LogP contribution in [-0.2, 0) is 4.74 Å². The van der Waals surface area contributed by atoms with Crippen LogP contribution in [0.25, 0.3) is 0 Å². The fraction of sp³-hybridized carbons (Fsp3) is 0.550. The lowest BCUT2D eigenvalue weighted by Crippen LogP contribution is -2.58. The molecule has 1 fully saturated rings. The summed E-state index contributed by atoms with van der Waals surface area (Å²) in [7, 11) is 0. The van der Waals surface area contributed by atoms with Crippen molar-refractivity contribution >= 4 is 17.8 Å². The van der Waals surface area contributed by atoms with E-state index in [1.54, 1.807) is 34.1 Å². The van der Waals surface area contributed by atoms with E-state index >= 15 is 0 Å². The Balaban J connectivity index is 2.02. The number of nitrogens with one attached hydrogen (secondary N) is 1. The molecule has 0 saturated carbocycles. The smallest absolute Gasteiger partial charge is 0.410 e. The van der Waals surface area contributed by atoms with Gasteiger partial charge < -0.3 is 19.9 Å². The minimum absolute atomic E-state index is 0.0605. The first-order valence-electron chi connectivity index (χ1n) is 9.29. The van der Waals surface area contributed by atoms with Crippen LogP contribution in [0, 0.1) is 11.3 Å². The number of hydrogen-bond acceptors (Lipinski definition) is 4. The van der Waals surface area contributed by atoms with E-state index in [1.807, 2.05) is 20.8 Å². The molecule has 0 spiro atoms. The quantitative estimate of drug-likeness (QED) is 0.874. The van der Waals surface area contributed by atoms with E-state index in [-0.39, 0.29) is 18.2 Å². The summed E-state index contributed by atoms with van der Waals surface area (Å²) >= 11 is 0. The van der Waals surface area contributed by atoms with Gasteiger partial charge in [-0.3, -0.25) is 0 Å². The highest BCUT2D eigenvalue weighted by molar-refractivity contribution is 5.89. The van der Waals surface area contributed by atoms with Crippen molar-refractivity contribution in [1.29, 1.82) is 5.26 Å². The zero-order chi connectivity index (χ0) is 20.0. The number of rotatable bonds is 3. The molecule has 0 aliphatic carbocycles. The fourth-order valence-corrected chi connectivity index (χ4v) is 3.02. The van der Waals surface area contributed by atoms with Gasteiger partial charge >= 0.3 is 12.1 Å². The third kappa shape index (κ3) is 5.88. The van der Waals surface area contributed by atoms with Crippen molar-refractivity contribution < 1.29 is 14.3 Å². The number of nitriles is 1. The second-order valence-corrected chi connectivity index (χ2v) is 7.68. The summed E-state index contributed by atoms with van der Waals surface area (Å²) < 4.78 is 5.46. The second-order valence-electron chi connectivity index (χ2n) is 7.68. The molecule has 1 heterocycles. The molecule has 1 N–H and O–H groups in total. The second kappa shape index (κ2) is 8.76. The predicted octanol–water partition coefficient (Wildman–Crippen LogP) is 3.81. The van der Waals surface area contributed by atoms with Crippen LogP contribution in [0.5, 0.6) is 0 Å². The Kier molecular flexibility index (Phi) is 6.67. The highest BCUT2D eigenvalue weighted by atomic mass is 16.6. The summed E-state index contributed by atoms with van der Waals surface area (Å²) in [5, 5.41) is 11.7. The molecule has 3 amide bonds. The molecule has 0 radical (unpaired) electrons. The van der Waals surface area contributed by atoms with Crippen LogP contribution < -0.4 is 5.32 Å². The third-order valence-electron chi connectivity index (χ3n) is 4.28. The van der Waals surface area contributed by atoms with E-state index in [0.29, 0.717) is 30.9 Å². The molecule has 7 heteroatoms. The first kappa shape index (κ1) is 20.6. The standard InChI is InChI=1S/C20H28N4O3/c1-5-6-17-14-23(19(26)27-20(2,3)4)11-12-24(17)18(25)22-16-9-7-15(13-21)8-10-16/h7-10,17H,5-6,11-12,14H2,1-4H3,(H,22,25). The molecule has 1 aliphatic rings. The summed E-state index contributed by atoms with van der Waals surface area (Å²) in [6, 6.07) is 8.55. The average molecular weight is 372 g/mol. The summed E-state index contributed by atoms with van der Waals surface area (Å²) in [6.07, 6.45) is 1.38. The summed E-state index contributed by atoms with van der Waals surface area (Å²) in [5.74, 6) is 0. The van der Waals surface area contributed by atoms with Crippen molar-refractivity contribution in [3.8, 4) is 6.07 Å². The molecule has 1 atom stereocenters. The Bertz CT molecular complexity index is 703. The predicted molar refractivity (Wildman–Crippen MR) is 103 cm³/mol. The van der Waals surface area contributed by atoms with Crippen LogP contribution in [-0.4, -0.2) is 53.2 Å². The van der Waals surface area contributed by atoms with Crippen LogP contribution in [0.4, 0.5) is 15.3 Å². The molecule has 0 aromatic heterocycles. The number of benzene rings is 1. The lowest BCUT2D eigenvalue weighted by Gasteiger charge is -2.41. The van der Waals surface area contributed by atoms with Gasteiger partial charge in [0.2, 0.25) is 0 Å². The van der Waals surface area contributed by atoms with E-state index in [0.717, 1.165) is 12.8 Å². The zero-order valence-electron chi connectivity index (χ0n) is 16.5. The minimum atomic E-state index is -0.540. The first-order chi connectivity index (χ1) is 12.7. The van der Waals surface area contributed by atoms with Gasteiger partial charge in [-0.2, -0.15) is 5.26 Å². The Labute approximate surface area is 160 Å². The Morgan fingerprint density at radius 3 is 2.48 bits per heavy atom. The van der Waals surface area contributed by atoms with Crippen molar-refractivity contribution in [1.82, 2.24) is 9.80 Å². The molecule has 146 valence electrons. The van der Waals surface area contributed by atoms with E-state index in [1.165, 1.54) is 0 Å². The van der Waals surface area contributed by atoms with Crippen molar-refractivity contribution in [3.63, 3.8) is 0 Å². The maximum absolute atomic E-state index is 12.7. The number of urea groups is 1. The summed E-state index contributed by atoms with van der Waals surface area (Å²) in [5.41, 5.74) is 0.646. The number of carbonyl (C=O) groups is 2. The fourth-order valence-electron chi connectivity index (χ4n) is 3.02. The van der Waals surface area contributed by atoms with Crippen LogP contribution in [0.1, 0.15) is 46.1 Å². The zero-order valence-corrected chi connectivity index (χ0v) is 16.5. The molecule has 2 rings (SSSR count). The lowest BCUT2D eigenvalue weighted by molar-refractivity contribution is 0.00899. The summed E-state index contributed by atoms with van der Waals surface area (Å²) in [6.45, 7) is 8.94. The third-order valence-corrected chi connectivity index (χ3v) is 4.28. The van der Waals surface area contributed by atoms with Crippen molar-refractivity contribution in [2.45, 2.75) is 52.2 Å². The molecule has 7 nitrogen and oxygen atoms in total. The topological polar surface area (TPSA) is 85.7 Å². The Morgan fingerprint density at radius 1 is 1.26 bits per heavy atom. The normalized spacial score (nSPS) is 17.2. The Morgan fingerprint density at radius 2 is 1.93 bits per heavy atom. The van der Waals surface area contributed by atoms with E-state index in [2.05, 4.69) is 18.3 Å². The molecular weight excluding hydrogens is 344 g/mol. The van der Waals surface area contributed by atoms with Crippen LogP contribution in [0.2, 0.25) is 0 Å². The van der Waals surface area contributed by atoms with Crippen LogP contribution >= 0.6 is 0 Å². The first-order valence-corrected chi connectivity index (χ1v) is 9.29. The van der Waals surface area contributed by atoms with Crippen LogP contribution in [0.3, 0.4) is 0 Å². The minimum Gasteiger partial charge on any atom is -0.444 e. The lowest BCUT2D eigenvalue weighted by atomic mass is 10.1. The van der Waals surface area contributed by atoms with Crippen molar-refractivity contribution in [2.24, 2.45) is 0 Å². The van der Waals surface area contributed by atoms with Gasteiger partial charge in [-0.15, -0.1) is 0 Å². The van der Waals surface area contributed by atoms with E-state index in [9.17, 15) is 9.59 Å². The molecule has 27 heavy (non-hydrogen) atoms. The highest BCUT2D eigenvalue weighted by Crippen LogP contribution is 2.19. The molecule has 1 aliphatic heterocycles. The van der Waals surface area contributed by atoms with Gasteiger partial charge in [-0.1, -0.05) is 13.3 Å². The van der Waals surface area contributed by atoms with Crippen LogP contribution in [0.15, 0.2) is 24.3 Å². The summed E-state index contributed by atoms with van der Waals surface area (Å²) in [4.78, 5) is 28.5. The van der Waals surface area contributed by atoms with Gasteiger partial charge in [0, 0.05) is 25.3 Å². The van der Waals surface area contributed by atoms with Gasteiger partial charge in [0.25, 0.3) is 0 Å². The Hall–Kier alpha value is -2.75. The monoisotopic (exact) mass is 372 g/mol. The highest BCUT2D eigenvalue weighted by Gasteiger charge is 2.33. The van der Waals surface area contributed by atoms with Crippen molar-refractivity contribution in [3.05, 3.63) is 29.8 Å². The molecular formula is C20H28N4O3. The number of ether oxygens (including phenoxy) is 1. The number of amides is 3. The van der Waals surface area contributed by atoms with E-state index in [4.69, 9.17) is 10.00 Å². The largest absolute Gasteiger partial charge is 0.444 e. The molecule has 1 saturated heterocycles. The number of hydrogen-bond donors (Lipinski definition) is 1. The number of carbonyl (C=O) groups excluding carboxylic acids is 2. The van der Waals surface area contributed by atoms with Gasteiger partial charge in [0.05, 0.1) is 17.7 Å². The van der Waals surface area contributed by atoms with E-state index < -0.39 is 5.60 Å². The van der Waals surface area contributed by atoms with Gasteiger partial charge in [-0.25, -0.2) is 9.59 Å². The number of piperazine rings is 1. The van der Waals surface area contributed by atoms with Crippen molar-refractivity contribution in [2.75, 3.05) is 25.0 Å². The maximum Gasteiger partial charge on any atom is 0.410 e.